The topological polar surface area (TPSA) is 76.2 Å². The van der Waals surface area contributed by atoms with Crippen molar-refractivity contribution in [1.29, 1.82) is 0 Å². The maximum Gasteiger partial charge on any atom is 0.321 e. The molecule has 0 aliphatic rings. The highest BCUT2D eigenvalue weighted by molar-refractivity contribution is 7.99. The fourth-order valence-corrected chi connectivity index (χ4v) is 2.29. The van der Waals surface area contributed by atoms with Crippen LogP contribution >= 0.6 is 11.8 Å². The van der Waals surface area contributed by atoms with Gasteiger partial charge in [-0.1, -0.05) is 6.07 Å². The first-order valence-corrected chi connectivity index (χ1v) is 6.36. The molecule has 94 valence electrons. The Kier molecular flexibility index (Phi) is 4.54. The van der Waals surface area contributed by atoms with Crippen LogP contribution < -0.4 is 5.73 Å². The lowest BCUT2D eigenvalue weighted by Gasteiger charge is -2.27. The van der Waals surface area contributed by atoms with Crippen molar-refractivity contribution < 1.29 is 9.90 Å². The maximum atomic E-state index is 10.9. The zero-order valence-electron chi connectivity index (χ0n) is 10.3. The minimum absolute atomic E-state index is 0.517. The molecule has 0 spiro atoms. The number of pyridine rings is 1. The van der Waals surface area contributed by atoms with Gasteiger partial charge in [0.25, 0.3) is 0 Å². The summed E-state index contributed by atoms with van der Waals surface area (Å²) in [6, 6.07) is 4.94. The molecule has 0 amide bonds. The van der Waals surface area contributed by atoms with Crippen LogP contribution in [-0.4, -0.2) is 26.8 Å². The largest absolute Gasteiger partial charge is 0.480 e. The van der Waals surface area contributed by atoms with Gasteiger partial charge in [-0.05, 0) is 32.9 Å². The van der Waals surface area contributed by atoms with Crippen molar-refractivity contribution in [1.82, 2.24) is 4.98 Å². The van der Waals surface area contributed by atoms with Crippen LogP contribution in [0.1, 0.15) is 25.2 Å². The van der Waals surface area contributed by atoms with Crippen molar-refractivity contribution >= 4 is 17.7 Å². The molecule has 0 aliphatic carbocycles. The van der Waals surface area contributed by atoms with E-state index in [0.717, 1.165) is 11.4 Å². The van der Waals surface area contributed by atoms with E-state index in [2.05, 4.69) is 4.98 Å². The van der Waals surface area contributed by atoms with Crippen molar-refractivity contribution in [3.63, 3.8) is 0 Å². The standard InChI is InChI=1S/C12H18N2O2S/c1-8-5-4-6-9(14-8)7-17-12(2,3)10(13)11(15)16/h4-6,10H,7,13H2,1-3H3,(H,15,16)/t10-/m0/s1. The number of aryl methyl sites for hydroxylation is 1. The number of hydrogen-bond donors (Lipinski definition) is 2. The number of nitrogens with zero attached hydrogens (tertiary/aromatic N) is 1. The number of aromatic nitrogens is 1. The summed E-state index contributed by atoms with van der Waals surface area (Å²) in [5.41, 5.74) is 7.55. The molecule has 5 heteroatoms. The summed E-state index contributed by atoms with van der Waals surface area (Å²) in [5, 5.41) is 8.90. The molecule has 17 heavy (non-hydrogen) atoms. The Hall–Kier alpha value is -1.07. The molecule has 1 aromatic rings. The van der Waals surface area contributed by atoms with Crippen LogP contribution in [0.25, 0.3) is 0 Å². The van der Waals surface area contributed by atoms with E-state index in [-0.39, 0.29) is 0 Å². The van der Waals surface area contributed by atoms with E-state index >= 15 is 0 Å². The molecule has 4 nitrogen and oxygen atoms in total. The van der Waals surface area contributed by atoms with Gasteiger partial charge in [0.1, 0.15) is 6.04 Å². The molecule has 0 bridgehead atoms. The number of carboxylic acids is 1. The van der Waals surface area contributed by atoms with Crippen LogP contribution in [0.15, 0.2) is 18.2 Å². The number of carbonyl (C=O) groups is 1. The summed E-state index contributed by atoms with van der Waals surface area (Å²) in [6.45, 7) is 5.61. The molecular formula is C12H18N2O2S. The van der Waals surface area contributed by atoms with Crippen molar-refractivity contribution in [2.45, 2.75) is 37.3 Å². The van der Waals surface area contributed by atoms with E-state index in [9.17, 15) is 4.79 Å². The Morgan fingerprint density at radius 2 is 2.24 bits per heavy atom. The van der Waals surface area contributed by atoms with Crippen molar-refractivity contribution in [3.8, 4) is 0 Å². The molecular weight excluding hydrogens is 236 g/mol. The summed E-state index contributed by atoms with van der Waals surface area (Å²) in [6.07, 6.45) is 0. The quantitative estimate of drug-likeness (QED) is 0.838. The normalized spacial score (nSPS) is 13.4. The fraction of sp³-hybridized carbons (Fsp3) is 0.500. The molecule has 0 saturated carbocycles. The highest BCUT2D eigenvalue weighted by Gasteiger charge is 2.32. The third-order valence-corrected chi connectivity index (χ3v) is 3.99. The molecule has 1 aromatic heterocycles. The van der Waals surface area contributed by atoms with Crippen LogP contribution in [0.2, 0.25) is 0 Å². The van der Waals surface area contributed by atoms with Gasteiger partial charge in [0.15, 0.2) is 0 Å². The summed E-state index contributed by atoms with van der Waals surface area (Å²) >= 11 is 1.51. The number of rotatable bonds is 5. The van der Waals surface area contributed by atoms with E-state index in [0.29, 0.717) is 5.75 Å². The average molecular weight is 254 g/mol. The van der Waals surface area contributed by atoms with Gasteiger partial charge in [-0.15, -0.1) is 11.8 Å². The average Bonchev–Trinajstić information content (AvgIpc) is 2.25. The predicted octanol–water partition coefficient (Wildman–Crippen LogP) is 1.81. The Balaban J connectivity index is 2.64. The maximum absolute atomic E-state index is 10.9. The molecule has 0 radical (unpaired) electrons. The monoisotopic (exact) mass is 254 g/mol. The summed E-state index contributed by atoms with van der Waals surface area (Å²) in [5.74, 6) is -0.310. The van der Waals surface area contributed by atoms with Gasteiger partial charge in [0.2, 0.25) is 0 Å². The van der Waals surface area contributed by atoms with E-state index in [1.807, 2.05) is 39.0 Å². The molecule has 0 aromatic carbocycles. The minimum Gasteiger partial charge on any atom is -0.480 e. The van der Waals surface area contributed by atoms with Crippen molar-refractivity contribution in [3.05, 3.63) is 29.6 Å². The number of nitrogens with two attached hydrogens (primary N) is 1. The first-order valence-electron chi connectivity index (χ1n) is 5.38. The van der Waals surface area contributed by atoms with Crippen molar-refractivity contribution in [2.24, 2.45) is 5.73 Å². The second-order valence-corrected chi connectivity index (χ2v) is 6.11. The number of carboxylic acid groups (broad SMARTS) is 1. The van der Waals surface area contributed by atoms with Crippen LogP contribution in [-0.2, 0) is 10.5 Å². The van der Waals surface area contributed by atoms with Crippen LogP contribution in [0.4, 0.5) is 0 Å². The van der Waals surface area contributed by atoms with Gasteiger partial charge in [0.05, 0.1) is 5.69 Å². The molecule has 0 unspecified atom stereocenters. The fourth-order valence-electron chi connectivity index (χ4n) is 1.33. The van der Waals surface area contributed by atoms with Crippen molar-refractivity contribution in [2.75, 3.05) is 0 Å². The van der Waals surface area contributed by atoms with Gasteiger partial charge < -0.3 is 10.8 Å². The molecule has 1 heterocycles. The SMILES string of the molecule is Cc1cccc(CSC(C)(C)[C@@H](N)C(=O)O)n1. The Morgan fingerprint density at radius 1 is 1.59 bits per heavy atom. The van der Waals surface area contributed by atoms with Gasteiger partial charge in [-0.3, -0.25) is 9.78 Å². The lowest BCUT2D eigenvalue weighted by atomic mass is 10.1. The second-order valence-electron chi connectivity index (χ2n) is 4.48. The molecule has 3 N–H and O–H groups in total. The molecule has 0 saturated heterocycles. The van der Waals surface area contributed by atoms with E-state index < -0.39 is 16.8 Å². The zero-order valence-corrected chi connectivity index (χ0v) is 11.1. The Labute approximate surface area is 106 Å². The van der Waals surface area contributed by atoms with E-state index in [1.54, 1.807) is 0 Å². The first kappa shape index (κ1) is 14.0. The second kappa shape index (κ2) is 5.51. The van der Waals surface area contributed by atoms with E-state index in [1.165, 1.54) is 11.8 Å². The van der Waals surface area contributed by atoms with Gasteiger partial charge in [-0.25, -0.2) is 0 Å². The molecule has 1 atom stereocenters. The third-order valence-electron chi connectivity index (χ3n) is 2.55. The number of aliphatic carboxylic acids is 1. The smallest absolute Gasteiger partial charge is 0.321 e. The summed E-state index contributed by atoms with van der Waals surface area (Å²) in [7, 11) is 0. The lowest BCUT2D eigenvalue weighted by Crippen LogP contribution is -2.46. The van der Waals surface area contributed by atoms with Gasteiger partial charge in [-0.2, -0.15) is 0 Å². The van der Waals surface area contributed by atoms with Gasteiger partial charge in [0, 0.05) is 16.2 Å². The molecule has 0 aliphatic heterocycles. The predicted molar refractivity (Wildman–Crippen MR) is 70.0 cm³/mol. The molecule has 1 rings (SSSR count). The van der Waals surface area contributed by atoms with Crippen LogP contribution in [0.5, 0.6) is 0 Å². The summed E-state index contributed by atoms with van der Waals surface area (Å²) in [4.78, 5) is 15.2. The Morgan fingerprint density at radius 3 is 2.76 bits per heavy atom. The van der Waals surface area contributed by atoms with Gasteiger partial charge >= 0.3 is 5.97 Å². The highest BCUT2D eigenvalue weighted by atomic mass is 32.2. The van der Waals surface area contributed by atoms with E-state index in [4.69, 9.17) is 10.8 Å². The third kappa shape index (κ3) is 4.02. The number of hydrogen-bond acceptors (Lipinski definition) is 4. The lowest BCUT2D eigenvalue weighted by molar-refractivity contribution is -0.139. The first-order chi connectivity index (χ1) is 7.83. The molecule has 0 fully saturated rings. The minimum atomic E-state index is -0.972. The van der Waals surface area contributed by atoms with Crippen LogP contribution in [0.3, 0.4) is 0 Å². The zero-order chi connectivity index (χ0) is 13.1. The summed E-state index contributed by atoms with van der Waals surface area (Å²) < 4.78 is -0.517. The highest BCUT2D eigenvalue weighted by Crippen LogP contribution is 2.30. The number of thioether (sulfide) groups is 1. The Bertz CT molecular complexity index is 407. The van der Waals surface area contributed by atoms with Crippen LogP contribution in [0, 0.1) is 6.92 Å².